The van der Waals surface area contributed by atoms with E-state index in [1.165, 1.54) is 44.9 Å². The molecule has 148 valence electrons. The van der Waals surface area contributed by atoms with Crippen molar-refractivity contribution in [1.29, 1.82) is 0 Å². The van der Waals surface area contributed by atoms with Crippen LogP contribution in [0.3, 0.4) is 0 Å². The van der Waals surface area contributed by atoms with E-state index < -0.39 is 0 Å². The van der Waals surface area contributed by atoms with Crippen molar-refractivity contribution in [2.45, 2.75) is 69.9 Å². The molecule has 3 fully saturated rings. The Balaban J connectivity index is 1.29. The van der Waals surface area contributed by atoms with E-state index >= 15 is 0 Å². The van der Waals surface area contributed by atoms with Crippen LogP contribution in [-0.2, 0) is 0 Å². The molecule has 0 atom stereocenters. The SMILES string of the molecule is O=C(Nc1ccnc(N2CCN(C3CCCC3)CC2)c1)NC1CCCCC1. The number of nitrogens with one attached hydrogen (secondary N) is 2. The number of hydrogen-bond acceptors (Lipinski definition) is 4. The lowest BCUT2D eigenvalue weighted by atomic mass is 9.96. The molecule has 2 amide bonds. The van der Waals surface area contributed by atoms with Crippen LogP contribution in [0.1, 0.15) is 57.8 Å². The van der Waals surface area contributed by atoms with E-state index in [1.54, 1.807) is 6.20 Å². The molecular weight excluding hydrogens is 338 g/mol. The van der Waals surface area contributed by atoms with E-state index in [0.717, 1.165) is 56.6 Å². The standard InChI is InChI=1S/C21H33N5O/c27-21(23-17-6-2-1-3-7-17)24-18-10-11-22-20(16-18)26-14-12-25(13-15-26)19-8-4-5-9-19/h10-11,16-17,19H,1-9,12-15H2,(H2,22,23,24,27). The second kappa shape index (κ2) is 8.91. The average Bonchev–Trinajstić information content (AvgIpc) is 3.24. The van der Waals surface area contributed by atoms with E-state index in [-0.39, 0.29) is 6.03 Å². The monoisotopic (exact) mass is 371 g/mol. The van der Waals surface area contributed by atoms with E-state index in [9.17, 15) is 4.79 Å². The molecule has 2 aliphatic carbocycles. The summed E-state index contributed by atoms with van der Waals surface area (Å²) in [6, 6.07) is 4.91. The number of urea groups is 1. The predicted octanol–water partition coefficient (Wildman–Crippen LogP) is 3.60. The highest BCUT2D eigenvalue weighted by Crippen LogP contribution is 2.26. The molecule has 2 heterocycles. The maximum atomic E-state index is 12.3. The Morgan fingerprint density at radius 2 is 1.67 bits per heavy atom. The Morgan fingerprint density at radius 1 is 0.963 bits per heavy atom. The molecule has 1 saturated heterocycles. The number of carbonyl (C=O) groups is 1. The zero-order valence-corrected chi connectivity index (χ0v) is 16.3. The van der Waals surface area contributed by atoms with Crippen LogP contribution in [0.5, 0.6) is 0 Å². The summed E-state index contributed by atoms with van der Waals surface area (Å²) in [5.74, 6) is 0.969. The molecule has 1 aliphatic heterocycles. The second-order valence-corrected chi connectivity index (χ2v) is 8.30. The maximum absolute atomic E-state index is 12.3. The first kappa shape index (κ1) is 18.5. The molecule has 4 rings (SSSR count). The van der Waals surface area contributed by atoms with Crippen LogP contribution in [0.15, 0.2) is 18.3 Å². The lowest BCUT2D eigenvalue weighted by Crippen LogP contribution is -2.50. The van der Waals surface area contributed by atoms with Crippen LogP contribution in [-0.4, -0.2) is 54.2 Å². The van der Waals surface area contributed by atoms with Crippen molar-refractivity contribution in [1.82, 2.24) is 15.2 Å². The fraction of sp³-hybridized carbons (Fsp3) is 0.714. The van der Waals surface area contributed by atoms with Crippen molar-refractivity contribution in [2.24, 2.45) is 0 Å². The maximum Gasteiger partial charge on any atom is 0.319 e. The quantitative estimate of drug-likeness (QED) is 0.849. The number of rotatable bonds is 4. The molecule has 6 heteroatoms. The molecular formula is C21H33N5O. The van der Waals surface area contributed by atoms with Crippen molar-refractivity contribution in [2.75, 3.05) is 36.4 Å². The minimum absolute atomic E-state index is 0.0925. The van der Waals surface area contributed by atoms with Crippen molar-refractivity contribution in [3.63, 3.8) is 0 Å². The number of aromatic nitrogens is 1. The molecule has 0 bridgehead atoms. The summed E-state index contributed by atoms with van der Waals surface area (Å²) in [6.45, 7) is 4.26. The second-order valence-electron chi connectivity index (χ2n) is 8.30. The highest BCUT2D eigenvalue weighted by atomic mass is 16.2. The molecule has 2 saturated carbocycles. The Labute approximate surface area is 162 Å². The molecule has 1 aromatic heterocycles. The van der Waals surface area contributed by atoms with E-state index in [4.69, 9.17) is 0 Å². The molecule has 1 aromatic rings. The van der Waals surface area contributed by atoms with E-state index in [1.807, 2.05) is 12.1 Å². The van der Waals surface area contributed by atoms with Gasteiger partial charge in [-0.15, -0.1) is 0 Å². The lowest BCUT2D eigenvalue weighted by molar-refractivity contribution is 0.187. The van der Waals surface area contributed by atoms with Crippen molar-refractivity contribution in [3.8, 4) is 0 Å². The third kappa shape index (κ3) is 4.92. The van der Waals surface area contributed by atoms with Crippen molar-refractivity contribution < 1.29 is 4.79 Å². The first-order valence-electron chi connectivity index (χ1n) is 10.8. The van der Waals surface area contributed by atoms with Crippen LogP contribution in [0.2, 0.25) is 0 Å². The normalized spacial score (nSPS) is 22.7. The van der Waals surface area contributed by atoms with Gasteiger partial charge in [-0.2, -0.15) is 0 Å². The Morgan fingerprint density at radius 3 is 2.41 bits per heavy atom. The largest absolute Gasteiger partial charge is 0.354 e. The Kier molecular flexibility index (Phi) is 6.12. The fourth-order valence-corrected chi connectivity index (χ4v) is 4.85. The molecule has 2 N–H and O–H groups in total. The molecule has 0 aromatic carbocycles. The molecule has 0 radical (unpaired) electrons. The van der Waals surface area contributed by atoms with Crippen molar-refractivity contribution in [3.05, 3.63) is 18.3 Å². The minimum atomic E-state index is -0.0925. The summed E-state index contributed by atoms with van der Waals surface area (Å²) in [4.78, 5) is 21.8. The van der Waals surface area contributed by atoms with Gasteiger partial charge >= 0.3 is 6.03 Å². The third-order valence-corrected chi connectivity index (χ3v) is 6.42. The number of hydrogen-bond donors (Lipinski definition) is 2. The Hall–Kier alpha value is -1.82. The zero-order chi connectivity index (χ0) is 18.5. The average molecular weight is 372 g/mol. The fourth-order valence-electron chi connectivity index (χ4n) is 4.85. The van der Waals surface area contributed by atoms with Crippen LogP contribution < -0.4 is 15.5 Å². The highest BCUT2D eigenvalue weighted by molar-refractivity contribution is 5.89. The third-order valence-electron chi connectivity index (χ3n) is 6.42. The number of anilines is 2. The summed E-state index contributed by atoms with van der Waals surface area (Å²) in [5, 5.41) is 6.11. The van der Waals surface area contributed by atoms with E-state index in [2.05, 4.69) is 25.4 Å². The predicted molar refractivity (Wildman–Crippen MR) is 109 cm³/mol. The van der Waals surface area contributed by atoms with Crippen LogP contribution >= 0.6 is 0 Å². The summed E-state index contributed by atoms with van der Waals surface area (Å²) in [5.41, 5.74) is 0.825. The molecule has 3 aliphatic rings. The molecule has 27 heavy (non-hydrogen) atoms. The van der Waals surface area contributed by atoms with Gasteiger partial charge in [-0.05, 0) is 31.7 Å². The van der Waals surface area contributed by atoms with Crippen LogP contribution in [0, 0.1) is 0 Å². The Bertz CT molecular complexity index is 617. The van der Waals surface area contributed by atoms with Gasteiger partial charge in [-0.25, -0.2) is 9.78 Å². The first-order chi connectivity index (χ1) is 13.3. The molecule has 0 spiro atoms. The number of piperazine rings is 1. The van der Waals surface area contributed by atoms with Crippen LogP contribution in [0.4, 0.5) is 16.3 Å². The lowest BCUT2D eigenvalue weighted by Gasteiger charge is -2.38. The van der Waals surface area contributed by atoms with Gasteiger partial charge in [0.1, 0.15) is 5.82 Å². The first-order valence-corrected chi connectivity index (χ1v) is 10.8. The van der Waals surface area contributed by atoms with E-state index in [0.29, 0.717) is 6.04 Å². The number of amides is 2. The molecule has 0 unspecified atom stereocenters. The number of pyridine rings is 1. The van der Waals surface area contributed by atoms with Gasteiger partial charge in [-0.1, -0.05) is 32.1 Å². The van der Waals surface area contributed by atoms with Crippen LogP contribution in [0.25, 0.3) is 0 Å². The minimum Gasteiger partial charge on any atom is -0.354 e. The summed E-state index contributed by atoms with van der Waals surface area (Å²) >= 11 is 0. The smallest absolute Gasteiger partial charge is 0.319 e. The van der Waals surface area contributed by atoms with Gasteiger partial charge in [0.25, 0.3) is 0 Å². The molecule has 6 nitrogen and oxygen atoms in total. The summed E-state index contributed by atoms with van der Waals surface area (Å²) in [7, 11) is 0. The summed E-state index contributed by atoms with van der Waals surface area (Å²) < 4.78 is 0. The van der Waals surface area contributed by atoms with Gasteiger partial charge in [0.05, 0.1) is 0 Å². The summed E-state index contributed by atoms with van der Waals surface area (Å²) in [6.07, 6.45) is 13.2. The number of nitrogens with zero attached hydrogens (tertiary/aromatic N) is 3. The topological polar surface area (TPSA) is 60.5 Å². The highest BCUT2D eigenvalue weighted by Gasteiger charge is 2.26. The van der Waals surface area contributed by atoms with Gasteiger partial charge in [-0.3, -0.25) is 4.90 Å². The number of carbonyl (C=O) groups excluding carboxylic acids is 1. The van der Waals surface area contributed by atoms with Crippen molar-refractivity contribution >= 4 is 17.5 Å². The van der Waals surface area contributed by atoms with Gasteiger partial charge < -0.3 is 15.5 Å². The van der Waals surface area contributed by atoms with Gasteiger partial charge in [0, 0.05) is 56.2 Å². The van der Waals surface area contributed by atoms with Gasteiger partial charge in [0.2, 0.25) is 0 Å². The zero-order valence-electron chi connectivity index (χ0n) is 16.3. The van der Waals surface area contributed by atoms with Gasteiger partial charge in [0.15, 0.2) is 0 Å².